The standard InChI is InChI=1S/C18H24N4O3/c1-13-14-6-4-5-7-15(14)17(24)22(19-13)10-16(23)21-9-8-18(25,12-21)11-20(2)3/h4-7,25H,8-12H2,1-3H3/t18-/m1/s1. The number of β-amino-alcohol motifs (C(OH)–C–C–N with tert-alkyl or cyclic N) is 1. The average Bonchev–Trinajstić information content (AvgIpc) is 2.93. The van der Waals surface area contributed by atoms with Gasteiger partial charge in [0.05, 0.1) is 23.2 Å². The van der Waals surface area contributed by atoms with Gasteiger partial charge >= 0.3 is 0 Å². The van der Waals surface area contributed by atoms with E-state index in [0.717, 1.165) is 5.39 Å². The van der Waals surface area contributed by atoms with E-state index in [1.807, 2.05) is 38.1 Å². The summed E-state index contributed by atoms with van der Waals surface area (Å²) in [5.41, 5.74) is -0.442. The molecule has 1 amide bonds. The lowest BCUT2D eigenvalue weighted by molar-refractivity contribution is -0.132. The number of likely N-dealkylation sites (tertiary alicyclic amines) is 1. The van der Waals surface area contributed by atoms with Crippen LogP contribution in [0.3, 0.4) is 0 Å². The summed E-state index contributed by atoms with van der Waals surface area (Å²) in [6, 6.07) is 7.27. The number of benzene rings is 1. The van der Waals surface area contributed by atoms with Gasteiger partial charge in [0.1, 0.15) is 6.54 Å². The fourth-order valence-electron chi connectivity index (χ4n) is 3.53. The first-order chi connectivity index (χ1) is 11.8. The van der Waals surface area contributed by atoms with Crippen LogP contribution >= 0.6 is 0 Å². The molecule has 0 unspecified atom stereocenters. The van der Waals surface area contributed by atoms with Gasteiger partial charge in [-0.05, 0) is 33.5 Å². The second kappa shape index (κ2) is 6.57. The molecule has 0 spiro atoms. The highest BCUT2D eigenvalue weighted by molar-refractivity contribution is 5.83. The Labute approximate surface area is 146 Å². The second-order valence-electron chi connectivity index (χ2n) is 7.12. The zero-order valence-electron chi connectivity index (χ0n) is 14.9. The minimum absolute atomic E-state index is 0.109. The van der Waals surface area contributed by atoms with Crippen molar-refractivity contribution in [3.05, 3.63) is 40.3 Å². The molecule has 1 aliphatic heterocycles. The first-order valence-corrected chi connectivity index (χ1v) is 8.40. The van der Waals surface area contributed by atoms with Gasteiger partial charge in [-0.15, -0.1) is 0 Å². The summed E-state index contributed by atoms with van der Waals surface area (Å²) in [5.74, 6) is -0.195. The largest absolute Gasteiger partial charge is 0.387 e. The predicted molar refractivity (Wildman–Crippen MR) is 95.4 cm³/mol. The van der Waals surface area contributed by atoms with Crippen LogP contribution in [0.5, 0.6) is 0 Å². The highest BCUT2D eigenvalue weighted by Gasteiger charge is 2.38. The zero-order chi connectivity index (χ0) is 18.2. The van der Waals surface area contributed by atoms with Crippen LogP contribution in [0.25, 0.3) is 10.8 Å². The van der Waals surface area contributed by atoms with E-state index < -0.39 is 5.60 Å². The smallest absolute Gasteiger partial charge is 0.275 e. The highest BCUT2D eigenvalue weighted by Crippen LogP contribution is 2.22. The highest BCUT2D eigenvalue weighted by atomic mass is 16.3. The Kier molecular flexibility index (Phi) is 4.62. The normalized spacial score (nSPS) is 20.6. The Morgan fingerprint density at radius 2 is 2.00 bits per heavy atom. The number of hydrogen-bond acceptors (Lipinski definition) is 5. The summed E-state index contributed by atoms with van der Waals surface area (Å²) in [6.07, 6.45) is 0.538. The lowest BCUT2D eigenvalue weighted by atomic mass is 10.0. The molecule has 134 valence electrons. The maximum absolute atomic E-state index is 12.6. The summed E-state index contributed by atoms with van der Waals surface area (Å²) in [6.45, 7) is 3.00. The molecule has 0 radical (unpaired) electrons. The number of likely N-dealkylation sites (N-methyl/N-ethyl adjacent to an activating group) is 1. The van der Waals surface area contributed by atoms with Crippen LogP contribution in [0.15, 0.2) is 29.1 Å². The number of amides is 1. The molecule has 3 rings (SSSR count). The van der Waals surface area contributed by atoms with Gasteiger partial charge in [-0.1, -0.05) is 18.2 Å². The van der Waals surface area contributed by atoms with E-state index >= 15 is 0 Å². The maximum atomic E-state index is 12.6. The summed E-state index contributed by atoms with van der Waals surface area (Å²) < 4.78 is 1.23. The van der Waals surface area contributed by atoms with Crippen LogP contribution in [0.2, 0.25) is 0 Å². The quantitative estimate of drug-likeness (QED) is 0.859. The molecule has 7 nitrogen and oxygen atoms in total. The number of hydrogen-bond donors (Lipinski definition) is 1. The fourth-order valence-corrected chi connectivity index (χ4v) is 3.53. The van der Waals surface area contributed by atoms with Crippen molar-refractivity contribution in [3.63, 3.8) is 0 Å². The number of fused-ring (bicyclic) bond motifs is 1. The molecule has 1 aliphatic rings. The van der Waals surface area contributed by atoms with Gasteiger partial charge in [-0.2, -0.15) is 5.10 Å². The van der Waals surface area contributed by atoms with Gasteiger partial charge in [0.2, 0.25) is 5.91 Å². The number of aromatic nitrogens is 2. The number of rotatable bonds is 4. The van der Waals surface area contributed by atoms with E-state index in [1.165, 1.54) is 4.68 Å². The molecule has 2 heterocycles. The molecule has 2 aromatic rings. The van der Waals surface area contributed by atoms with Crippen LogP contribution in [0, 0.1) is 6.92 Å². The van der Waals surface area contributed by atoms with Gasteiger partial charge in [-0.3, -0.25) is 9.59 Å². The lowest BCUT2D eigenvalue weighted by Crippen LogP contribution is -2.44. The van der Waals surface area contributed by atoms with Crippen LogP contribution in [-0.4, -0.2) is 69.9 Å². The van der Waals surface area contributed by atoms with Crippen LogP contribution in [-0.2, 0) is 11.3 Å². The number of carbonyl (C=O) groups is 1. The van der Waals surface area contributed by atoms with Gasteiger partial charge in [-0.25, -0.2) is 4.68 Å². The number of carbonyl (C=O) groups excluding carboxylic acids is 1. The maximum Gasteiger partial charge on any atom is 0.275 e. The minimum Gasteiger partial charge on any atom is -0.387 e. The van der Waals surface area contributed by atoms with Crippen molar-refractivity contribution in [2.45, 2.75) is 25.5 Å². The van der Waals surface area contributed by atoms with Gasteiger partial charge in [0, 0.05) is 18.5 Å². The molecule has 1 saturated heterocycles. The van der Waals surface area contributed by atoms with Crippen molar-refractivity contribution in [1.29, 1.82) is 0 Å². The fraction of sp³-hybridized carbons (Fsp3) is 0.500. The average molecular weight is 344 g/mol. The summed E-state index contributed by atoms with van der Waals surface area (Å²) in [4.78, 5) is 28.7. The predicted octanol–water partition coefficient (Wildman–Crippen LogP) is 0.230. The first-order valence-electron chi connectivity index (χ1n) is 8.40. The van der Waals surface area contributed by atoms with Gasteiger partial charge < -0.3 is 14.9 Å². The van der Waals surface area contributed by atoms with Crippen molar-refractivity contribution in [2.24, 2.45) is 0 Å². The molecule has 1 fully saturated rings. The molecule has 0 aliphatic carbocycles. The Balaban J connectivity index is 1.79. The third-order valence-electron chi connectivity index (χ3n) is 4.63. The van der Waals surface area contributed by atoms with Gasteiger partial charge in [0.15, 0.2) is 0 Å². The van der Waals surface area contributed by atoms with Crippen molar-refractivity contribution >= 4 is 16.7 Å². The molecule has 1 aromatic carbocycles. The Morgan fingerprint density at radius 1 is 1.32 bits per heavy atom. The van der Waals surface area contributed by atoms with E-state index in [9.17, 15) is 14.7 Å². The lowest BCUT2D eigenvalue weighted by Gasteiger charge is -2.26. The Morgan fingerprint density at radius 3 is 2.68 bits per heavy atom. The van der Waals surface area contributed by atoms with Crippen LogP contribution in [0.1, 0.15) is 12.1 Å². The van der Waals surface area contributed by atoms with Gasteiger partial charge in [0.25, 0.3) is 5.56 Å². The first kappa shape index (κ1) is 17.6. The number of aryl methyl sites for hydroxylation is 1. The van der Waals surface area contributed by atoms with Crippen LogP contribution < -0.4 is 5.56 Å². The topological polar surface area (TPSA) is 78.7 Å². The van der Waals surface area contributed by atoms with E-state index in [-0.39, 0.29) is 24.6 Å². The third-order valence-corrected chi connectivity index (χ3v) is 4.63. The second-order valence-corrected chi connectivity index (χ2v) is 7.12. The Bertz CT molecular complexity index is 861. The van der Waals surface area contributed by atoms with E-state index in [1.54, 1.807) is 17.0 Å². The monoisotopic (exact) mass is 344 g/mol. The SMILES string of the molecule is Cc1nn(CC(=O)N2CC[C@@](O)(CN(C)C)C2)c(=O)c2ccccc12. The van der Waals surface area contributed by atoms with Crippen molar-refractivity contribution in [2.75, 3.05) is 33.7 Å². The van der Waals surface area contributed by atoms with Crippen molar-refractivity contribution < 1.29 is 9.90 Å². The van der Waals surface area contributed by atoms with E-state index in [2.05, 4.69) is 5.10 Å². The number of aliphatic hydroxyl groups is 1. The molecule has 0 saturated carbocycles. The minimum atomic E-state index is -0.892. The number of nitrogens with zero attached hydrogens (tertiary/aromatic N) is 4. The molecule has 1 N–H and O–H groups in total. The van der Waals surface area contributed by atoms with E-state index in [0.29, 0.717) is 30.6 Å². The zero-order valence-corrected chi connectivity index (χ0v) is 14.9. The molecule has 25 heavy (non-hydrogen) atoms. The summed E-state index contributed by atoms with van der Waals surface area (Å²) in [5, 5.41) is 16.2. The summed E-state index contributed by atoms with van der Waals surface area (Å²) >= 11 is 0. The molecule has 1 atom stereocenters. The Hall–Kier alpha value is -2.25. The van der Waals surface area contributed by atoms with Crippen molar-refractivity contribution in [1.82, 2.24) is 19.6 Å². The summed E-state index contributed by atoms with van der Waals surface area (Å²) in [7, 11) is 3.79. The third kappa shape index (κ3) is 3.57. The molecular weight excluding hydrogens is 320 g/mol. The molecule has 1 aromatic heterocycles. The van der Waals surface area contributed by atoms with Crippen LogP contribution in [0.4, 0.5) is 0 Å². The van der Waals surface area contributed by atoms with E-state index in [4.69, 9.17) is 0 Å². The van der Waals surface area contributed by atoms with Crippen molar-refractivity contribution in [3.8, 4) is 0 Å². The molecule has 7 heteroatoms. The molecule has 0 bridgehead atoms. The molecular formula is C18H24N4O3.